The molecule has 0 unspecified atom stereocenters. The van der Waals surface area contributed by atoms with Crippen molar-refractivity contribution >= 4 is 23.9 Å². The van der Waals surface area contributed by atoms with E-state index in [1.165, 1.54) is 0 Å². The molecule has 1 atom stereocenters. The number of hydrogen-bond donors (Lipinski definition) is 3. The largest absolute Gasteiger partial charge is 1.00 e. The number of hydrogen-bond acceptors (Lipinski definition) is 7. The molecular weight excluding hydrogens is 296 g/mol. The van der Waals surface area contributed by atoms with Crippen molar-refractivity contribution in [1.29, 1.82) is 0 Å². The maximum Gasteiger partial charge on any atom is 1.00 e. The molecule has 0 bridgehead atoms. The Labute approximate surface area is 159 Å². The van der Waals surface area contributed by atoms with Crippen molar-refractivity contribution in [3.05, 3.63) is 0 Å². The van der Waals surface area contributed by atoms with E-state index >= 15 is 0 Å². The first-order valence-corrected chi connectivity index (χ1v) is 4.76. The average molecular weight is 309 g/mol. The van der Waals surface area contributed by atoms with Crippen LogP contribution >= 0.6 is 0 Å². The molecule has 0 aliphatic carbocycles. The van der Waals surface area contributed by atoms with Crippen molar-refractivity contribution in [2.45, 2.75) is 31.7 Å². The number of carbonyl (C=O) groups excluding carboxylic acids is 2. The van der Waals surface area contributed by atoms with Gasteiger partial charge in [-0.3, -0.25) is 9.59 Å². The first kappa shape index (κ1) is 28.1. The van der Waals surface area contributed by atoms with Gasteiger partial charge in [-0.1, -0.05) is 0 Å². The molecule has 0 heterocycles. The van der Waals surface area contributed by atoms with E-state index in [1.54, 1.807) is 0 Å². The van der Waals surface area contributed by atoms with Crippen LogP contribution in [0.15, 0.2) is 0 Å². The van der Waals surface area contributed by atoms with Gasteiger partial charge >= 0.3 is 71.1 Å². The normalized spacial score (nSPS) is 9.65. The fourth-order valence-electron chi connectivity index (χ4n) is 0.607. The standard InChI is InChI=1S/C5H9NO4.C4H6O4.2Na/c6-3(5(9)10)1-2-4(7)8;5-3(6)1-2-4(7)8;;/h3H,1-2,6H2,(H,7,8)(H,9,10);1-2H2,(H,5,6)(H,7,8);;/q;;2*+1/p-2/t3-;;;/m0.../s1. The fourth-order valence-corrected chi connectivity index (χ4v) is 0.607. The number of aliphatic carboxylic acids is 4. The predicted octanol–water partition coefficient (Wildman–Crippen LogP) is -9.46. The van der Waals surface area contributed by atoms with Gasteiger partial charge in [0.05, 0.1) is 0 Å². The topological polar surface area (TPSA) is 181 Å². The molecular formula is C9H13NNa2O8. The SMILES string of the molecule is N[C@@H](CCC(=O)O)C(=O)O.O=C([O-])CCC(=O)[O-].[Na+].[Na+]. The molecule has 20 heavy (non-hydrogen) atoms. The minimum Gasteiger partial charge on any atom is -0.550 e. The summed E-state index contributed by atoms with van der Waals surface area (Å²) in [5, 5.41) is 35.3. The van der Waals surface area contributed by atoms with Gasteiger partial charge < -0.3 is 35.7 Å². The first-order valence-electron chi connectivity index (χ1n) is 4.76. The number of carboxylic acids is 4. The maximum atomic E-state index is 9.99. The van der Waals surface area contributed by atoms with Crippen LogP contribution < -0.4 is 75.1 Å². The third-order valence-electron chi connectivity index (χ3n) is 1.52. The molecule has 0 aliphatic heterocycles. The van der Waals surface area contributed by atoms with Crippen molar-refractivity contribution in [3.63, 3.8) is 0 Å². The second-order valence-corrected chi connectivity index (χ2v) is 3.12. The summed E-state index contributed by atoms with van der Waals surface area (Å²) in [6.45, 7) is 0. The zero-order chi connectivity index (χ0) is 14.7. The Bertz CT molecular complexity index is 309. The van der Waals surface area contributed by atoms with E-state index in [9.17, 15) is 29.4 Å². The number of nitrogens with two attached hydrogens (primary N) is 1. The van der Waals surface area contributed by atoms with Crippen molar-refractivity contribution < 1.29 is 98.7 Å². The van der Waals surface area contributed by atoms with Crippen LogP contribution in [0, 0.1) is 0 Å². The second-order valence-electron chi connectivity index (χ2n) is 3.12. The molecule has 0 spiro atoms. The van der Waals surface area contributed by atoms with Crippen molar-refractivity contribution in [1.82, 2.24) is 0 Å². The van der Waals surface area contributed by atoms with E-state index < -0.39 is 42.8 Å². The molecule has 4 N–H and O–H groups in total. The van der Waals surface area contributed by atoms with Gasteiger partial charge in [0.15, 0.2) is 0 Å². The van der Waals surface area contributed by atoms with Gasteiger partial charge in [-0.15, -0.1) is 0 Å². The van der Waals surface area contributed by atoms with E-state index in [0.717, 1.165) is 0 Å². The molecule has 9 nitrogen and oxygen atoms in total. The third-order valence-corrected chi connectivity index (χ3v) is 1.52. The van der Waals surface area contributed by atoms with Gasteiger partial charge in [-0.05, 0) is 19.3 Å². The van der Waals surface area contributed by atoms with Crippen LogP contribution in [0.4, 0.5) is 0 Å². The summed E-state index contributed by atoms with van der Waals surface area (Å²) in [6.07, 6.45) is -1.16. The molecule has 104 valence electrons. The Hall–Kier alpha value is -0.160. The van der Waals surface area contributed by atoms with Gasteiger partial charge in [0.25, 0.3) is 0 Å². The minimum atomic E-state index is -1.37. The molecule has 0 saturated carbocycles. The Balaban J connectivity index is -0.000000119. The van der Waals surface area contributed by atoms with Crippen molar-refractivity contribution in [3.8, 4) is 0 Å². The van der Waals surface area contributed by atoms with Crippen molar-refractivity contribution in [2.24, 2.45) is 5.73 Å². The van der Waals surface area contributed by atoms with Crippen LogP contribution in [0.1, 0.15) is 25.7 Å². The number of rotatable bonds is 7. The van der Waals surface area contributed by atoms with Gasteiger partial charge in [0.1, 0.15) is 6.04 Å². The summed E-state index contributed by atoms with van der Waals surface area (Å²) in [5.41, 5.74) is 5.00. The van der Waals surface area contributed by atoms with Crippen LogP contribution in [0.5, 0.6) is 0 Å². The Kier molecular flexibility index (Phi) is 23.7. The molecule has 0 rings (SSSR count). The van der Waals surface area contributed by atoms with Crippen LogP contribution in [-0.2, 0) is 19.2 Å². The number of carbonyl (C=O) groups is 4. The Morgan fingerprint density at radius 3 is 1.45 bits per heavy atom. The monoisotopic (exact) mass is 309 g/mol. The van der Waals surface area contributed by atoms with Gasteiger partial charge in [-0.2, -0.15) is 0 Å². The van der Waals surface area contributed by atoms with E-state index in [-0.39, 0.29) is 72.0 Å². The third kappa shape index (κ3) is 26.4. The van der Waals surface area contributed by atoms with Crippen LogP contribution in [0.25, 0.3) is 0 Å². The molecule has 11 heteroatoms. The number of carboxylic acid groups (broad SMARTS) is 4. The first-order chi connectivity index (χ1) is 8.16. The van der Waals surface area contributed by atoms with Gasteiger partial charge in [0, 0.05) is 18.4 Å². The van der Waals surface area contributed by atoms with Gasteiger partial charge in [0.2, 0.25) is 0 Å². The summed E-state index contributed by atoms with van der Waals surface area (Å²) >= 11 is 0. The minimum absolute atomic E-state index is 0. The van der Waals surface area contributed by atoms with E-state index in [0.29, 0.717) is 0 Å². The summed E-state index contributed by atoms with van der Waals surface area (Å²) in [5.74, 6) is -4.93. The molecule has 0 aromatic rings. The zero-order valence-electron chi connectivity index (χ0n) is 11.3. The second kappa shape index (κ2) is 16.9. The molecule has 0 amide bonds. The van der Waals surface area contributed by atoms with E-state index in [4.69, 9.17) is 15.9 Å². The average Bonchev–Trinajstić information content (AvgIpc) is 2.23. The summed E-state index contributed by atoms with van der Waals surface area (Å²) < 4.78 is 0. The molecule has 0 saturated heterocycles. The van der Waals surface area contributed by atoms with Crippen molar-refractivity contribution in [2.75, 3.05) is 0 Å². The van der Waals surface area contributed by atoms with Crippen LogP contribution in [0.3, 0.4) is 0 Å². The molecule has 0 aromatic carbocycles. The Morgan fingerprint density at radius 2 is 1.25 bits per heavy atom. The molecule has 0 fully saturated rings. The summed E-state index contributed by atoms with van der Waals surface area (Å²) in [6, 6.07) is -1.06. The van der Waals surface area contributed by atoms with E-state index in [1.807, 2.05) is 0 Å². The zero-order valence-corrected chi connectivity index (χ0v) is 15.3. The summed E-state index contributed by atoms with van der Waals surface area (Å²) in [4.78, 5) is 38.9. The molecule has 0 radical (unpaired) electrons. The molecule has 0 aromatic heterocycles. The smallest absolute Gasteiger partial charge is 0.550 e. The predicted molar refractivity (Wildman–Crippen MR) is 51.7 cm³/mol. The maximum absolute atomic E-state index is 9.99. The van der Waals surface area contributed by atoms with Crippen LogP contribution in [-0.4, -0.2) is 40.1 Å². The summed E-state index contributed by atoms with van der Waals surface area (Å²) in [7, 11) is 0. The fraction of sp³-hybridized carbons (Fsp3) is 0.556. The quantitative estimate of drug-likeness (QED) is 0.384. The van der Waals surface area contributed by atoms with Gasteiger partial charge in [-0.25, -0.2) is 0 Å². The van der Waals surface area contributed by atoms with Crippen LogP contribution in [0.2, 0.25) is 0 Å². The van der Waals surface area contributed by atoms with E-state index in [2.05, 4.69) is 0 Å². The molecule has 0 aliphatic rings. The Morgan fingerprint density at radius 1 is 0.900 bits per heavy atom.